The van der Waals surface area contributed by atoms with Gasteiger partial charge >= 0.3 is 0 Å². The van der Waals surface area contributed by atoms with Crippen LogP contribution in [-0.4, -0.2) is 49.6 Å². The van der Waals surface area contributed by atoms with Gasteiger partial charge in [0.1, 0.15) is 11.9 Å². The fraction of sp³-hybridized carbons (Fsp3) is 0.500. The van der Waals surface area contributed by atoms with Gasteiger partial charge in [0, 0.05) is 23.7 Å². The molecule has 4 nitrogen and oxygen atoms in total. The molecular weight excluding hydrogens is 321 g/mol. The summed E-state index contributed by atoms with van der Waals surface area (Å²) in [4.78, 5) is 13.5. The molecule has 1 unspecified atom stereocenters. The summed E-state index contributed by atoms with van der Waals surface area (Å²) >= 11 is 5.65. The largest absolute Gasteiger partial charge is 0.378 e. The second-order valence-corrected chi connectivity index (χ2v) is 5.37. The molecule has 1 N–H and O–H groups in total. The van der Waals surface area contributed by atoms with E-state index in [4.69, 9.17) is 16.3 Å². The number of alkyl halides is 2. The molecule has 0 bridgehead atoms. The summed E-state index contributed by atoms with van der Waals surface area (Å²) in [5.74, 6) is -0.994. The maximum Gasteiger partial charge on any atom is 0.251 e. The van der Waals surface area contributed by atoms with Crippen LogP contribution in [0, 0.1) is 5.82 Å². The normalized spacial score (nSPS) is 19.4. The first kappa shape index (κ1) is 17.1. The average Bonchev–Trinajstić information content (AvgIpc) is 2.46. The van der Waals surface area contributed by atoms with E-state index in [1.807, 2.05) is 0 Å². The van der Waals surface area contributed by atoms with E-state index in [9.17, 15) is 18.0 Å². The molecule has 1 aliphatic heterocycles. The van der Waals surface area contributed by atoms with Gasteiger partial charge in [0.2, 0.25) is 5.91 Å². The van der Waals surface area contributed by atoms with E-state index in [0.717, 1.165) is 6.07 Å². The number of rotatable bonds is 5. The summed E-state index contributed by atoms with van der Waals surface area (Å²) < 4.78 is 43.8. The van der Waals surface area contributed by atoms with Crippen molar-refractivity contribution in [3.05, 3.63) is 34.6 Å². The highest BCUT2D eigenvalue weighted by Gasteiger charge is 2.31. The quantitative estimate of drug-likeness (QED) is 0.895. The van der Waals surface area contributed by atoms with Crippen LogP contribution >= 0.6 is 11.6 Å². The van der Waals surface area contributed by atoms with Crippen molar-refractivity contribution in [3.63, 3.8) is 0 Å². The van der Waals surface area contributed by atoms with Crippen LogP contribution in [0.5, 0.6) is 0 Å². The SMILES string of the molecule is O=C(NCc1ccc(Cl)cc1F)C1COCCN1CC(F)F. The van der Waals surface area contributed by atoms with E-state index < -0.39 is 30.7 Å². The van der Waals surface area contributed by atoms with Gasteiger partial charge in [0.25, 0.3) is 6.43 Å². The van der Waals surface area contributed by atoms with Gasteiger partial charge in [-0.1, -0.05) is 17.7 Å². The lowest BCUT2D eigenvalue weighted by molar-refractivity contribution is -0.134. The lowest BCUT2D eigenvalue weighted by atomic mass is 10.2. The Labute approximate surface area is 131 Å². The molecule has 1 aliphatic rings. The Bertz CT molecular complexity index is 531. The Morgan fingerprint density at radius 1 is 1.50 bits per heavy atom. The van der Waals surface area contributed by atoms with Crippen molar-refractivity contribution in [3.8, 4) is 0 Å². The molecule has 8 heteroatoms. The van der Waals surface area contributed by atoms with Crippen LogP contribution in [0.4, 0.5) is 13.2 Å². The highest BCUT2D eigenvalue weighted by Crippen LogP contribution is 2.15. The van der Waals surface area contributed by atoms with Crippen molar-refractivity contribution in [1.82, 2.24) is 10.2 Å². The van der Waals surface area contributed by atoms with Crippen LogP contribution in [0.15, 0.2) is 18.2 Å². The molecular formula is C14H16ClF3N2O2. The molecule has 0 saturated carbocycles. The minimum Gasteiger partial charge on any atom is -0.378 e. The summed E-state index contributed by atoms with van der Waals surface area (Å²) in [7, 11) is 0. The number of amides is 1. The van der Waals surface area contributed by atoms with Crippen LogP contribution in [0.3, 0.4) is 0 Å². The molecule has 2 rings (SSSR count). The third-order valence-corrected chi connectivity index (χ3v) is 3.62. The number of nitrogens with one attached hydrogen (secondary N) is 1. The topological polar surface area (TPSA) is 41.6 Å². The number of hydrogen-bond acceptors (Lipinski definition) is 3. The summed E-state index contributed by atoms with van der Waals surface area (Å²) in [6.07, 6.45) is -2.53. The molecule has 1 atom stereocenters. The number of morpholine rings is 1. The van der Waals surface area contributed by atoms with Crippen molar-refractivity contribution in [2.45, 2.75) is 19.0 Å². The van der Waals surface area contributed by atoms with Gasteiger partial charge in [-0.3, -0.25) is 9.69 Å². The highest BCUT2D eigenvalue weighted by molar-refractivity contribution is 6.30. The molecule has 1 heterocycles. The molecule has 22 heavy (non-hydrogen) atoms. The Kier molecular flexibility index (Phi) is 6.05. The maximum atomic E-state index is 13.6. The standard InChI is InChI=1S/C14H16ClF3N2O2/c15-10-2-1-9(11(16)5-10)6-19-14(21)12-8-22-4-3-20(12)7-13(17)18/h1-2,5,12-13H,3-4,6-8H2,(H,19,21). The summed E-state index contributed by atoms with van der Waals surface area (Å²) in [6.45, 7) is 0.0826. The van der Waals surface area contributed by atoms with E-state index in [1.54, 1.807) is 0 Å². The second-order valence-electron chi connectivity index (χ2n) is 4.93. The number of benzene rings is 1. The van der Waals surface area contributed by atoms with Crippen LogP contribution in [0.1, 0.15) is 5.56 Å². The number of halogens is 4. The van der Waals surface area contributed by atoms with E-state index in [2.05, 4.69) is 5.32 Å². The first-order valence-electron chi connectivity index (χ1n) is 6.79. The minimum atomic E-state index is -2.53. The van der Waals surface area contributed by atoms with E-state index in [0.29, 0.717) is 6.61 Å². The van der Waals surface area contributed by atoms with Crippen LogP contribution < -0.4 is 5.32 Å². The Hall–Kier alpha value is -1.31. The zero-order valence-corrected chi connectivity index (χ0v) is 12.5. The number of ether oxygens (including phenoxy) is 1. The number of nitrogens with zero attached hydrogens (tertiary/aromatic N) is 1. The Balaban J connectivity index is 1.95. The van der Waals surface area contributed by atoms with Crippen LogP contribution in [0.25, 0.3) is 0 Å². The van der Waals surface area contributed by atoms with Gasteiger partial charge in [-0.25, -0.2) is 13.2 Å². The fourth-order valence-corrected chi connectivity index (χ4v) is 2.40. The highest BCUT2D eigenvalue weighted by atomic mass is 35.5. The van der Waals surface area contributed by atoms with E-state index >= 15 is 0 Å². The molecule has 0 spiro atoms. The fourth-order valence-electron chi connectivity index (χ4n) is 2.24. The van der Waals surface area contributed by atoms with Gasteiger partial charge in [0.15, 0.2) is 0 Å². The molecule has 0 aromatic heterocycles. The summed E-state index contributed by atoms with van der Waals surface area (Å²) in [5.41, 5.74) is 0.273. The molecule has 1 saturated heterocycles. The lowest BCUT2D eigenvalue weighted by Crippen LogP contribution is -2.54. The van der Waals surface area contributed by atoms with Gasteiger partial charge in [-0.05, 0) is 12.1 Å². The minimum absolute atomic E-state index is 0.0408. The summed E-state index contributed by atoms with van der Waals surface area (Å²) in [5, 5.41) is 2.80. The van der Waals surface area contributed by atoms with Gasteiger partial charge < -0.3 is 10.1 Å². The summed E-state index contributed by atoms with van der Waals surface area (Å²) in [6, 6.07) is 3.33. The molecule has 0 aliphatic carbocycles. The second kappa shape index (κ2) is 7.80. The average molecular weight is 337 g/mol. The lowest BCUT2D eigenvalue weighted by Gasteiger charge is -2.34. The van der Waals surface area contributed by atoms with Gasteiger partial charge in [0.05, 0.1) is 19.8 Å². The van der Waals surface area contributed by atoms with E-state index in [1.165, 1.54) is 17.0 Å². The van der Waals surface area contributed by atoms with E-state index in [-0.39, 0.29) is 30.3 Å². The predicted molar refractivity (Wildman–Crippen MR) is 75.4 cm³/mol. The Morgan fingerprint density at radius 3 is 2.95 bits per heavy atom. The van der Waals surface area contributed by atoms with Gasteiger partial charge in [-0.15, -0.1) is 0 Å². The third-order valence-electron chi connectivity index (χ3n) is 3.38. The predicted octanol–water partition coefficient (Wildman–Crippen LogP) is 2.06. The smallest absolute Gasteiger partial charge is 0.251 e. The number of hydrogen-bond donors (Lipinski definition) is 1. The monoisotopic (exact) mass is 336 g/mol. The Morgan fingerprint density at radius 2 is 2.27 bits per heavy atom. The third kappa shape index (κ3) is 4.59. The van der Waals surface area contributed by atoms with Crippen molar-refractivity contribution in [2.24, 2.45) is 0 Å². The molecule has 1 aromatic carbocycles. The van der Waals surface area contributed by atoms with Crippen molar-refractivity contribution in [2.75, 3.05) is 26.3 Å². The van der Waals surface area contributed by atoms with Crippen molar-refractivity contribution >= 4 is 17.5 Å². The first-order chi connectivity index (χ1) is 10.5. The first-order valence-corrected chi connectivity index (χ1v) is 7.16. The molecule has 122 valence electrons. The zero-order valence-electron chi connectivity index (χ0n) is 11.7. The molecule has 1 amide bonds. The molecule has 1 fully saturated rings. The number of carbonyl (C=O) groups excluding carboxylic acids is 1. The molecule has 0 radical (unpaired) electrons. The zero-order chi connectivity index (χ0) is 16.1. The van der Waals surface area contributed by atoms with Crippen LogP contribution in [-0.2, 0) is 16.1 Å². The number of carbonyl (C=O) groups is 1. The van der Waals surface area contributed by atoms with Crippen LogP contribution in [0.2, 0.25) is 5.02 Å². The van der Waals surface area contributed by atoms with Crippen molar-refractivity contribution < 1.29 is 22.7 Å². The molecule has 1 aromatic rings. The van der Waals surface area contributed by atoms with Gasteiger partial charge in [-0.2, -0.15) is 0 Å². The van der Waals surface area contributed by atoms with Crippen molar-refractivity contribution in [1.29, 1.82) is 0 Å². The maximum absolute atomic E-state index is 13.6.